The Bertz CT molecular complexity index is 2190. The van der Waals surface area contributed by atoms with Gasteiger partial charge in [0.05, 0.1) is 19.3 Å². The van der Waals surface area contributed by atoms with E-state index in [9.17, 15) is 24.9 Å². The van der Waals surface area contributed by atoms with Gasteiger partial charge in [-0.1, -0.05) is 74.1 Å². The van der Waals surface area contributed by atoms with E-state index in [0.717, 1.165) is 60.0 Å². The number of aromatic hydroxyl groups is 1. The lowest BCUT2D eigenvalue weighted by Gasteiger charge is -2.49. The lowest BCUT2D eigenvalue weighted by molar-refractivity contribution is -0.135. The SMILES string of the molecule is CCc1cnc(N)cc1[C@H](/C=C/c1ccccc1)C[C@H](O)CC[C@H]1C#C[C@@]2(CC[C@@H](CC3([C@H]4CN[C@@H]5CC(=O)CC[C@@H]5C4)CCCC3)C[C@H]2O)C(=O)CCc2cc(OC)c(O)cc21. The van der Waals surface area contributed by atoms with Crippen LogP contribution in [0.15, 0.2) is 60.8 Å². The highest BCUT2D eigenvalue weighted by Gasteiger charge is 2.51. The molecule has 1 aliphatic heterocycles. The average Bonchev–Trinajstić information content (AvgIpc) is 3.78. The normalized spacial score (nSPS) is 29.1. The monoisotopic (exact) mass is 856 g/mol. The number of hydrogen-bond donors (Lipinski definition) is 5. The number of fused-ring (bicyclic) bond motifs is 2. The Morgan fingerprint density at radius 2 is 1.86 bits per heavy atom. The van der Waals surface area contributed by atoms with Gasteiger partial charge in [0.25, 0.3) is 0 Å². The number of benzene rings is 2. The second-order valence-electron chi connectivity index (χ2n) is 19.9. The van der Waals surface area contributed by atoms with Crippen molar-refractivity contribution in [2.24, 2.45) is 28.6 Å². The first-order chi connectivity index (χ1) is 30.5. The summed E-state index contributed by atoms with van der Waals surface area (Å²) < 4.78 is 5.53. The van der Waals surface area contributed by atoms with E-state index < -0.39 is 17.6 Å². The molecular weight excluding hydrogens is 787 g/mol. The molecule has 4 fully saturated rings. The number of ether oxygens (including phenoxy) is 1. The number of Topliss-reactive ketones (excluding diaryl/α,β-unsaturated/α-hetero) is 2. The van der Waals surface area contributed by atoms with Crippen LogP contribution in [0, 0.1) is 40.4 Å². The molecule has 0 radical (unpaired) electrons. The van der Waals surface area contributed by atoms with E-state index in [2.05, 4.69) is 53.4 Å². The van der Waals surface area contributed by atoms with Gasteiger partial charge < -0.3 is 31.1 Å². The van der Waals surface area contributed by atoms with Crippen LogP contribution in [0.2, 0.25) is 0 Å². The molecule has 336 valence electrons. The molecule has 0 bridgehead atoms. The van der Waals surface area contributed by atoms with Gasteiger partial charge in [-0.15, -0.1) is 0 Å². The quantitative estimate of drug-likeness (QED) is 0.106. The maximum Gasteiger partial charge on any atom is 0.160 e. The molecule has 0 amide bonds. The highest BCUT2D eigenvalue weighted by molar-refractivity contribution is 5.89. The minimum atomic E-state index is -1.16. The van der Waals surface area contributed by atoms with Gasteiger partial charge in [0.1, 0.15) is 17.0 Å². The van der Waals surface area contributed by atoms with Crippen molar-refractivity contribution in [1.29, 1.82) is 0 Å². The van der Waals surface area contributed by atoms with E-state index in [1.807, 2.05) is 36.5 Å². The van der Waals surface area contributed by atoms with Crippen molar-refractivity contribution < 1.29 is 29.6 Å². The second-order valence-corrected chi connectivity index (χ2v) is 19.9. The summed E-state index contributed by atoms with van der Waals surface area (Å²) in [5.74, 6) is 9.13. The number of nitrogens with zero attached hydrogens (tertiary/aromatic N) is 1. The largest absolute Gasteiger partial charge is 0.504 e. The first-order valence-electron chi connectivity index (χ1n) is 24.0. The molecule has 8 rings (SSSR count). The molecule has 2 aromatic carbocycles. The van der Waals surface area contributed by atoms with E-state index in [4.69, 9.17) is 10.5 Å². The Morgan fingerprint density at radius 1 is 1.05 bits per heavy atom. The van der Waals surface area contributed by atoms with Crippen LogP contribution in [0.5, 0.6) is 11.5 Å². The number of aryl methyl sites for hydroxylation is 2. The van der Waals surface area contributed by atoms with Crippen LogP contribution in [0.3, 0.4) is 0 Å². The molecule has 2 heterocycles. The van der Waals surface area contributed by atoms with E-state index in [1.54, 1.807) is 6.07 Å². The number of phenols is 1. The summed E-state index contributed by atoms with van der Waals surface area (Å²) in [5, 5.41) is 39.0. The molecule has 4 aliphatic carbocycles. The summed E-state index contributed by atoms with van der Waals surface area (Å²) in [5.41, 5.74) is 10.2. The maximum atomic E-state index is 14.5. The molecule has 3 saturated carbocycles. The van der Waals surface area contributed by atoms with Crippen molar-refractivity contribution >= 4 is 23.5 Å². The zero-order chi connectivity index (χ0) is 44.1. The lowest BCUT2D eigenvalue weighted by Crippen LogP contribution is -2.53. The Morgan fingerprint density at radius 3 is 2.62 bits per heavy atom. The molecule has 1 aromatic heterocycles. The number of rotatable bonds is 13. The Kier molecular flexibility index (Phi) is 14.1. The fourth-order valence-corrected chi connectivity index (χ4v) is 12.5. The number of nitrogen functional groups attached to an aromatic ring is 1. The third kappa shape index (κ3) is 9.94. The van der Waals surface area contributed by atoms with Gasteiger partial charge in [0.2, 0.25) is 0 Å². The molecule has 1 spiro atoms. The number of allylic oxidation sites excluding steroid dienone is 1. The van der Waals surface area contributed by atoms with Crippen LogP contribution >= 0.6 is 0 Å². The lowest BCUT2D eigenvalue weighted by atomic mass is 9.58. The zero-order valence-electron chi connectivity index (χ0n) is 37.5. The van der Waals surface area contributed by atoms with Gasteiger partial charge in [-0.2, -0.15) is 0 Å². The van der Waals surface area contributed by atoms with Gasteiger partial charge in [-0.05, 0) is 159 Å². The predicted octanol–water partition coefficient (Wildman–Crippen LogP) is 9.02. The van der Waals surface area contributed by atoms with Crippen LogP contribution in [-0.2, 0) is 22.4 Å². The summed E-state index contributed by atoms with van der Waals surface area (Å²) in [4.78, 5) is 31.1. The minimum Gasteiger partial charge on any atom is -0.504 e. The van der Waals surface area contributed by atoms with Crippen LogP contribution < -0.4 is 15.8 Å². The number of nitrogens with one attached hydrogen (secondary N) is 1. The highest BCUT2D eigenvalue weighted by atomic mass is 16.5. The number of hydrogen-bond acceptors (Lipinski definition) is 9. The third-order valence-corrected chi connectivity index (χ3v) is 16.1. The molecule has 1 saturated heterocycles. The van der Waals surface area contributed by atoms with Crippen LogP contribution in [0.25, 0.3) is 6.08 Å². The predicted molar refractivity (Wildman–Crippen MR) is 248 cm³/mol. The van der Waals surface area contributed by atoms with Crippen LogP contribution in [0.4, 0.5) is 5.82 Å². The molecule has 3 aromatic rings. The Balaban J connectivity index is 1.02. The van der Waals surface area contributed by atoms with Gasteiger partial charge in [-0.3, -0.25) is 9.59 Å². The fourth-order valence-electron chi connectivity index (χ4n) is 12.5. The number of ketones is 2. The van der Waals surface area contributed by atoms with Crippen LogP contribution in [-0.4, -0.2) is 63.8 Å². The number of piperidine rings is 1. The first kappa shape index (κ1) is 45.1. The molecular formula is C54H69N3O6. The van der Waals surface area contributed by atoms with Gasteiger partial charge >= 0.3 is 0 Å². The van der Waals surface area contributed by atoms with Gasteiger partial charge in [0.15, 0.2) is 17.3 Å². The van der Waals surface area contributed by atoms with Crippen molar-refractivity contribution in [2.75, 3.05) is 19.4 Å². The van der Waals surface area contributed by atoms with E-state index in [1.165, 1.54) is 39.2 Å². The highest BCUT2D eigenvalue weighted by Crippen LogP contribution is 2.55. The van der Waals surface area contributed by atoms with Crippen molar-refractivity contribution in [3.8, 4) is 23.3 Å². The number of nitrogens with two attached hydrogens (primary N) is 1. The number of methoxy groups -OCH3 is 1. The Hall–Kier alpha value is -4.49. The van der Waals surface area contributed by atoms with Crippen molar-refractivity contribution in [1.82, 2.24) is 10.3 Å². The molecule has 9 atom stereocenters. The number of anilines is 1. The topological polar surface area (TPSA) is 155 Å². The first-order valence-corrected chi connectivity index (χ1v) is 24.0. The molecule has 5 aliphatic rings. The molecule has 6 N–H and O–H groups in total. The van der Waals surface area contributed by atoms with Crippen molar-refractivity contribution in [2.45, 2.75) is 153 Å². The smallest absolute Gasteiger partial charge is 0.160 e. The standard InChI is InChI=1S/C54H69N3O6/c1-3-37-33-57-52(55)31-46(37)39(12-11-35-9-5-4-6-10-35)27-43(58)16-13-38-20-24-54(50(61)18-15-40-28-49(63-2)48(60)30-45(38)40)23-19-36(25-51(54)62)32-53(21-7-8-22-53)42-26-41-14-17-44(59)29-47(41)56-34-42/h4-6,9-12,28,30-31,33,36,38-39,41-43,47,51,56,58,60,62H,3,7-8,13-19,21-23,25-27,29,32,34H2,1-2H3,(H2,55,57)/b12-11+/t36-,38+,39-,41-,42-,43-,47-,51-,54+/m1/s1. The summed E-state index contributed by atoms with van der Waals surface area (Å²) in [6, 6.07) is 15.9. The van der Waals surface area contributed by atoms with Crippen LogP contribution in [0.1, 0.15) is 149 Å². The van der Waals surface area contributed by atoms with Crippen molar-refractivity contribution in [3.05, 3.63) is 88.6 Å². The number of aliphatic hydroxyl groups is 2. The summed E-state index contributed by atoms with van der Waals surface area (Å²) in [7, 11) is 1.53. The zero-order valence-corrected chi connectivity index (χ0v) is 37.5. The fraction of sp³-hybridized carbons (Fsp3) is 0.574. The average molecular weight is 856 g/mol. The van der Waals surface area contributed by atoms with E-state index in [0.29, 0.717) is 92.5 Å². The molecule has 9 nitrogen and oxygen atoms in total. The molecule has 9 heteroatoms. The number of carbonyl (C=O) groups is 2. The maximum absolute atomic E-state index is 14.5. The second kappa shape index (κ2) is 19.7. The minimum absolute atomic E-state index is 0.0130. The number of pyridine rings is 1. The number of aliphatic hydroxyl groups excluding tert-OH is 2. The van der Waals surface area contributed by atoms with E-state index in [-0.39, 0.29) is 35.2 Å². The number of phenolic OH excluding ortho intramolecular Hbond substituents is 1. The number of carbonyl (C=O) groups excluding carboxylic acids is 2. The van der Waals surface area contributed by atoms with E-state index >= 15 is 0 Å². The molecule has 0 unspecified atom stereocenters. The summed E-state index contributed by atoms with van der Waals surface area (Å²) >= 11 is 0. The third-order valence-electron chi connectivity index (χ3n) is 16.1. The Labute approximate surface area is 374 Å². The van der Waals surface area contributed by atoms with Crippen molar-refractivity contribution in [3.63, 3.8) is 0 Å². The number of aromatic nitrogens is 1. The molecule has 63 heavy (non-hydrogen) atoms. The van der Waals surface area contributed by atoms with Gasteiger partial charge in [0, 0.05) is 43.3 Å². The van der Waals surface area contributed by atoms with Gasteiger partial charge in [-0.25, -0.2) is 4.98 Å². The summed E-state index contributed by atoms with van der Waals surface area (Å²) in [6.45, 7) is 3.07. The summed E-state index contributed by atoms with van der Waals surface area (Å²) in [6.07, 6.45) is 18.9.